The SMILES string of the molecule is COc1ccccc1N1C(=O)[C@H]2[C@@H]3C=C[C@H](C3)[C@@]2(C)C1=O. The lowest BCUT2D eigenvalue weighted by atomic mass is 9.71. The quantitative estimate of drug-likeness (QED) is 0.618. The van der Waals surface area contributed by atoms with Crippen LogP contribution in [0.5, 0.6) is 5.75 Å². The minimum absolute atomic E-state index is 0.0798. The molecular formula is C17H17NO3. The molecule has 2 bridgehead atoms. The Morgan fingerprint density at radius 2 is 2.00 bits per heavy atom. The number of rotatable bonds is 2. The number of anilines is 1. The van der Waals surface area contributed by atoms with Crippen molar-refractivity contribution in [1.82, 2.24) is 0 Å². The molecule has 2 fully saturated rings. The third-order valence-electron chi connectivity index (χ3n) is 5.44. The molecule has 21 heavy (non-hydrogen) atoms. The highest BCUT2D eigenvalue weighted by Gasteiger charge is 2.67. The van der Waals surface area contributed by atoms with Crippen molar-refractivity contribution >= 4 is 17.5 Å². The van der Waals surface area contributed by atoms with Gasteiger partial charge in [-0.3, -0.25) is 9.59 Å². The van der Waals surface area contributed by atoms with Crippen LogP contribution in [0.25, 0.3) is 0 Å². The molecule has 4 atom stereocenters. The Hall–Kier alpha value is -2.10. The van der Waals surface area contributed by atoms with Gasteiger partial charge in [-0.25, -0.2) is 4.90 Å². The van der Waals surface area contributed by atoms with E-state index in [9.17, 15) is 9.59 Å². The first-order chi connectivity index (χ1) is 10.1. The molecule has 3 aliphatic rings. The number of nitrogens with zero attached hydrogens (tertiary/aromatic N) is 1. The van der Waals surface area contributed by atoms with E-state index in [1.54, 1.807) is 19.2 Å². The molecule has 1 aromatic rings. The monoisotopic (exact) mass is 283 g/mol. The van der Waals surface area contributed by atoms with Crippen molar-refractivity contribution in [3.05, 3.63) is 36.4 Å². The summed E-state index contributed by atoms with van der Waals surface area (Å²) in [6.07, 6.45) is 5.14. The maximum atomic E-state index is 13.0. The van der Waals surface area contributed by atoms with Crippen molar-refractivity contribution in [2.45, 2.75) is 13.3 Å². The van der Waals surface area contributed by atoms with Gasteiger partial charge in [0.1, 0.15) is 5.75 Å². The number of carbonyl (C=O) groups excluding carboxylic acids is 2. The molecule has 4 rings (SSSR count). The minimum Gasteiger partial charge on any atom is -0.495 e. The van der Waals surface area contributed by atoms with Crippen LogP contribution in [0.4, 0.5) is 5.69 Å². The third kappa shape index (κ3) is 1.35. The van der Waals surface area contributed by atoms with Crippen molar-refractivity contribution in [1.29, 1.82) is 0 Å². The second kappa shape index (κ2) is 3.97. The second-order valence-electron chi connectivity index (χ2n) is 6.30. The van der Waals surface area contributed by atoms with E-state index in [0.29, 0.717) is 11.4 Å². The summed E-state index contributed by atoms with van der Waals surface area (Å²) < 4.78 is 5.32. The lowest BCUT2D eigenvalue weighted by Crippen LogP contribution is -2.37. The van der Waals surface area contributed by atoms with Gasteiger partial charge in [0, 0.05) is 0 Å². The maximum absolute atomic E-state index is 13.0. The topological polar surface area (TPSA) is 46.6 Å². The highest BCUT2D eigenvalue weighted by atomic mass is 16.5. The van der Waals surface area contributed by atoms with E-state index < -0.39 is 5.41 Å². The number of para-hydroxylation sites is 2. The average molecular weight is 283 g/mol. The highest BCUT2D eigenvalue weighted by Crippen LogP contribution is 2.61. The van der Waals surface area contributed by atoms with E-state index in [2.05, 4.69) is 12.2 Å². The molecule has 0 radical (unpaired) electrons. The van der Waals surface area contributed by atoms with Crippen LogP contribution in [0.1, 0.15) is 13.3 Å². The largest absolute Gasteiger partial charge is 0.495 e. The molecule has 4 heteroatoms. The molecule has 1 aromatic carbocycles. The minimum atomic E-state index is -0.586. The Labute approximate surface area is 123 Å². The molecule has 108 valence electrons. The first-order valence-electron chi connectivity index (χ1n) is 7.28. The molecule has 0 aromatic heterocycles. The smallest absolute Gasteiger partial charge is 0.241 e. The number of imide groups is 1. The van der Waals surface area contributed by atoms with Crippen LogP contribution in [-0.4, -0.2) is 18.9 Å². The molecule has 1 saturated heterocycles. The number of ether oxygens (including phenoxy) is 1. The fourth-order valence-corrected chi connectivity index (χ4v) is 4.35. The average Bonchev–Trinajstić information content (AvgIpc) is 3.12. The van der Waals surface area contributed by atoms with Gasteiger partial charge in [0.05, 0.1) is 24.1 Å². The molecule has 2 amide bonds. The molecule has 1 heterocycles. The van der Waals surface area contributed by atoms with Gasteiger partial charge < -0.3 is 4.74 Å². The van der Waals surface area contributed by atoms with E-state index in [1.165, 1.54) is 4.90 Å². The summed E-state index contributed by atoms with van der Waals surface area (Å²) in [7, 11) is 1.55. The lowest BCUT2D eigenvalue weighted by Gasteiger charge is -2.28. The molecular weight excluding hydrogens is 266 g/mol. The van der Waals surface area contributed by atoms with Crippen LogP contribution in [0.3, 0.4) is 0 Å². The van der Waals surface area contributed by atoms with Crippen LogP contribution in [0, 0.1) is 23.2 Å². The summed E-state index contributed by atoms with van der Waals surface area (Å²) in [5, 5.41) is 0. The van der Waals surface area contributed by atoms with Gasteiger partial charge in [-0.2, -0.15) is 0 Å². The summed E-state index contributed by atoms with van der Waals surface area (Å²) in [6, 6.07) is 7.20. The molecule has 0 spiro atoms. The van der Waals surface area contributed by atoms with Crippen molar-refractivity contribution in [2.75, 3.05) is 12.0 Å². The number of hydrogen-bond donors (Lipinski definition) is 0. The summed E-state index contributed by atoms with van der Waals surface area (Å²) in [5.41, 5.74) is -0.0258. The number of amides is 2. The van der Waals surface area contributed by atoms with Gasteiger partial charge in [-0.15, -0.1) is 0 Å². The predicted octanol–water partition coefficient (Wildman–Crippen LogP) is 2.40. The second-order valence-corrected chi connectivity index (χ2v) is 6.30. The third-order valence-corrected chi connectivity index (χ3v) is 5.44. The van der Waals surface area contributed by atoms with Crippen molar-refractivity contribution in [3.8, 4) is 5.75 Å². The number of benzene rings is 1. The first-order valence-corrected chi connectivity index (χ1v) is 7.28. The van der Waals surface area contributed by atoms with Gasteiger partial charge in [-0.05, 0) is 37.3 Å². The number of hydrogen-bond acceptors (Lipinski definition) is 3. The molecule has 2 aliphatic carbocycles. The van der Waals surface area contributed by atoms with E-state index in [0.717, 1.165) is 6.42 Å². The number of fused-ring (bicyclic) bond motifs is 5. The highest BCUT2D eigenvalue weighted by molar-refractivity contribution is 6.25. The predicted molar refractivity (Wildman–Crippen MR) is 77.8 cm³/mol. The zero-order valence-electron chi connectivity index (χ0n) is 12.1. The zero-order chi connectivity index (χ0) is 14.8. The van der Waals surface area contributed by atoms with Crippen molar-refractivity contribution in [2.24, 2.45) is 23.2 Å². The fraction of sp³-hybridized carbons (Fsp3) is 0.412. The van der Waals surface area contributed by atoms with Gasteiger partial charge in [0.2, 0.25) is 11.8 Å². The van der Waals surface area contributed by atoms with Crippen molar-refractivity contribution in [3.63, 3.8) is 0 Å². The van der Waals surface area contributed by atoms with E-state index >= 15 is 0 Å². The number of methoxy groups -OCH3 is 1. The molecule has 0 unspecified atom stereocenters. The Balaban J connectivity index is 1.83. The standard InChI is InChI=1S/C17H17NO3/c1-17-11-8-7-10(9-11)14(17)15(19)18(16(17)20)12-5-3-4-6-13(12)21-2/h3-8,10-11,14H,9H2,1-2H3/t10-,11-,14-,17-/m1/s1. The Bertz CT molecular complexity index is 680. The van der Waals surface area contributed by atoms with Gasteiger partial charge in [-0.1, -0.05) is 24.3 Å². The summed E-state index contributed by atoms with van der Waals surface area (Å²) in [4.78, 5) is 27.2. The Morgan fingerprint density at radius 3 is 2.71 bits per heavy atom. The van der Waals surface area contributed by atoms with Gasteiger partial charge in [0.25, 0.3) is 0 Å². The first kappa shape index (κ1) is 12.6. The molecule has 1 aliphatic heterocycles. The van der Waals surface area contributed by atoms with Crippen LogP contribution in [0.15, 0.2) is 36.4 Å². The lowest BCUT2D eigenvalue weighted by molar-refractivity contribution is -0.127. The van der Waals surface area contributed by atoms with Gasteiger partial charge >= 0.3 is 0 Å². The maximum Gasteiger partial charge on any atom is 0.241 e. The van der Waals surface area contributed by atoms with Crippen LogP contribution < -0.4 is 9.64 Å². The number of carbonyl (C=O) groups is 2. The normalized spacial score (nSPS) is 36.5. The van der Waals surface area contributed by atoms with Crippen LogP contribution in [-0.2, 0) is 9.59 Å². The fourth-order valence-electron chi connectivity index (χ4n) is 4.35. The van der Waals surface area contributed by atoms with Crippen LogP contribution >= 0.6 is 0 Å². The molecule has 4 nitrogen and oxygen atoms in total. The summed E-state index contributed by atoms with van der Waals surface area (Å²) >= 11 is 0. The number of allylic oxidation sites excluding steroid dienone is 2. The summed E-state index contributed by atoms with van der Waals surface area (Å²) in [6.45, 7) is 1.95. The molecule has 1 saturated carbocycles. The van der Waals surface area contributed by atoms with Crippen LogP contribution in [0.2, 0.25) is 0 Å². The van der Waals surface area contributed by atoms with Gasteiger partial charge in [0.15, 0.2) is 0 Å². The summed E-state index contributed by atoms with van der Waals surface area (Å²) in [5.74, 6) is 0.565. The molecule has 0 N–H and O–H groups in total. The van der Waals surface area contributed by atoms with E-state index in [4.69, 9.17) is 4.74 Å². The Morgan fingerprint density at radius 1 is 1.24 bits per heavy atom. The zero-order valence-corrected chi connectivity index (χ0v) is 12.1. The van der Waals surface area contributed by atoms with Crippen molar-refractivity contribution < 1.29 is 14.3 Å². The Kier molecular flexibility index (Phi) is 2.39. The van der Waals surface area contributed by atoms with E-state index in [1.807, 2.05) is 19.1 Å². The van der Waals surface area contributed by atoms with E-state index in [-0.39, 0.29) is 29.6 Å².